The molecule has 1 fully saturated rings. The minimum atomic E-state index is -0.200. The van der Waals surface area contributed by atoms with Gasteiger partial charge in [-0.2, -0.15) is 5.10 Å². The number of amides is 2. The molecule has 3 aromatic rings. The van der Waals surface area contributed by atoms with Gasteiger partial charge in [-0.1, -0.05) is 67.8 Å². The van der Waals surface area contributed by atoms with Crippen molar-refractivity contribution in [2.75, 3.05) is 18.4 Å². The zero-order valence-corrected chi connectivity index (χ0v) is 20.4. The maximum atomic E-state index is 13.3. The summed E-state index contributed by atoms with van der Waals surface area (Å²) in [5.74, 6) is 0.615. The van der Waals surface area contributed by atoms with Crippen molar-refractivity contribution in [3.63, 3.8) is 0 Å². The summed E-state index contributed by atoms with van der Waals surface area (Å²) in [6.07, 6.45) is 4.83. The van der Waals surface area contributed by atoms with Gasteiger partial charge in [0.1, 0.15) is 5.82 Å². The van der Waals surface area contributed by atoms with Gasteiger partial charge in [0.25, 0.3) is 0 Å². The molecule has 1 aromatic heterocycles. The van der Waals surface area contributed by atoms with Crippen molar-refractivity contribution in [1.82, 2.24) is 14.7 Å². The minimum Gasteiger partial charge on any atom is -0.333 e. The van der Waals surface area contributed by atoms with Gasteiger partial charge in [0.2, 0.25) is 11.8 Å². The first-order chi connectivity index (χ1) is 16.5. The van der Waals surface area contributed by atoms with Crippen molar-refractivity contribution in [1.29, 1.82) is 0 Å². The van der Waals surface area contributed by atoms with E-state index < -0.39 is 0 Å². The average Bonchev–Trinajstić information content (AvgIpc) is 3.11. The lowest BCUT2D eigenvalue weighted by Gasteiger charge is -2.31. The molecule has 0 unspecified atom stereocenters. The first-order valence-electron chi connectivity index (χ1n) is 12.3. The summed E-state index contributed by atoms with van der Waals surface area (Å²) < 4.78 is 1.79. The first-order valence-corrected chi connectivity index (χ1v) is 12.3. The van der Waals surface area contributed by atoms with E-state index in [1.54, 1.807) is 9.58 Å². The Balaban J connectivity index is 1.65. The first kappa shape index (κ1) is 23.7. The predicted molar refractivity (Wildman–Crippen MR) is 136 cm³/mol. The summed E-state index contributed by atoms with van der Waals surface area (Å²) in [5, 5.41) is 7.89. The number of anilines is 1. The third-order valence-corrected chi connectivity index (χ3v) is 6.54. The monoisotopic (exact) mass is 458 g/mol. The van der Waals surface area contributed by atoms with Crippen LogP contribution in [0, 0.1) is 19.8 Å². The Bertz CT molecular complexity index is 1130. The standard InChI is InChI=1S/C28H34N4O2/c1-4-5-18-31(28(34)23-12-9-13-23)19-25(33)29-27-26(22-10-7-6-8-11-22)21(3)30-32(27)24-16-14-20(2)15-17-24/h6-8,10-11,14-17,23H,4-5,9,12-13,18-19H2,1-3H3,(H,29,33). The van der Waals surface area contributed by atoms with Crippen LogP contribution < -0.4 is 5.32 Å². The van der Waals surface area contributed by atoms with E-state index in [4.69, 9.17) is 5.10 Å². The van der Waals surface area contributed by atoms with Crippen molar-refractivity contribution in [3.05, 3.63) is 65.9 Å². The van der Waals surface area contributed by atoms with Crippen LogP contribution >= 0.6 is 0 Å². The number of carbonyl (C=O) groups excluding carboxylic acids is 2. The molecular formula is C28H34N4O2. The molecule has 178 valence electrons. The Hall–Kier alpha value is -3.41. The average molecular weight is 459 g/mol. The molecule has 2 aromatic carbocycles. The lowest BCUT2D eigenvalue weighted by Crippen LogP contribution is -2.43. The minimum absolute atomic E-state index is 0.0572. The van der Waals surface area contributed by atoms with Crippen LogP contribution in [-0.4, -0.2) is 39.6 Å². The van der Waals surface area contributed by atoms with Crippen molar-refractivity contribution in [3.8, 4) is 16.8 Å². The van der Waals surface area contributed by atoms with E-state index in [-0.39, 0.29) is 24.3 Å². The van der Waals surface area contributed by atoms with Crippen molar-refractivity contribution in [2.24, 2.45) is 5.92 Å². The molecule has 0 atom stereocenters. The topological polar surface area (TPSA) is 67.2 Å². The summed E-state index contributed by atoms with van der Waals surface area (Å²) in [6, 6.07) is 18.0. The molecule has 0 aliphatic heterocycles. The summed E-state index contributed by atoms with van der Waals surface area (Å²) in [6.45, 7) is 6.76. The van der Waals surface area contributed by atoms with E-state index >= 15 is 0 Å². The third kappa shape index (κ3) is 5.22. The third-order valence-electron chi connectivity index (χ3n) is 6.54. The molecule has 2 amide bonds. The van der Waals surface area contributed by atoms with Crippen LogP contribution in [-0.2, 0) is 9.59 Å². The number of nitrogens with zero attached hydrogens (tertiary/aromatic N) is 3. The van der Waals surface area contributed by atoms with Gasteiger partial charge in [0, 0.05) is 18.0 Å². The number of carbonyl (C=O) groups is 2. The van der Waals surface area contributed by atoms with E-state index in [0.29, 0.717) is 12.4 Å². The van der Waals surface area contributed by atoms with Gasteiger partial charge in [-0.25, -0.2) is 4.68 Å². The summed E-state index contributed by atoms with van der Waals surface area (Å²) in [4.78, 5) is 28.0. The highest BCUT2D eigenvalue weighted by Gasteiger charge is 2.30. The molecule has 0 saturated heterocycles. The fourth-order valence-corrected chi connectivity index (χ4v) is 4.34. The predicted octanol–water partition coefficient (Wildman–Crippen LogP) is 5.52. The second-order valence-electron chi connectivity index (χ2n) is 9.21. The normalized spacial score (nSPS) is 13.4. The van der Waals surface area contributed by atoms with Gasteiger partial charge in [0.05, 0.1) is 17.9 Å². The van der Waals surface area contributed by atoms with Crippen LogP contribution in [0.1, 0.15) is 50.3 Å². The van der Waals surface area contributed by atoms with Gasteiger partial charge in [0.15, 0.2) is 0 Å². The van der Waals surface area contributed by atoms with Crippen molar-refractivity contribution >= 4 is 17.6 Å². The number of aryl methyl sites for hydroxylation is 2. The van der Waals surface area contributed by atoms with Crippen LogP contribution in [0.4, 0.5) is 5.82 Å². The van der Waals surface area contributed by atoms with E-state index in [0.717, 1.165) is 60.2 Å². The SMILES string of the molecule is CCCCN(CC(=O)Nc1c(-c2ccccc2)c(C)nn1-c1ccc(C)cc1)C(=O)C1CCC1. The summed E-state index contributed by atoms with van der Waals surface area (Å²) >= 11 is 0. The second-order valence-corrected chi connectivity index (χ2v) is 9.21. The second kappa shape index (κ2) is 10.7. The molecule has 0 bridgehead atoms. The number of hydrogen-bond donors (Lipinski definition) is 1. The van der Waals surface area contributed by atoms with Crippen LogP contribution in [0.25, 0.3) is 16.8 Å². The zero-order valence-electron chi connectivity index (χ0n) is 20.4. The Kier molecular flexibility index (Phi) is 7.46. The Morgan fingerprint density at radius 1 is 1.06 bits per heavy atom. The summed E-state index contributed by atoms with van der Waals surface area (Å²) in [7, 11) is 0. The highest BCUT2D eigenvalue weighted by molar-refractivity contribution is 5.98. The zero-order chi connectivity index (χ0) is 24.1. The summed E-state index contributed by atoms with van der Waals surface area (Å²) in [5.41, 5.74) is 4.74. The fourth-order valence-electron chi connectivity index (χ4n) is 4.34. The molecule has 1 saturated carbocycles. The maximum absolute atomic E-state index is 13.3. The molecule has 6 nitrogen and oxygen atoms in total. The molecular weight excluding hydrogens is 424 g/mol. The van der Waals surface area contributed by atoms with Crippen molar-refractivity contribution < 1.29 is 9.59 Å². The van der Waals surface area contributed by atoms with Gasteiger partial charge >= 0.3 is 0 Å². The quantitative estimate of drug-likeness (QED) is 0.459. The molecule has 1 N–H and O–H groups in total. The van der Waals surface area contributed by atoms with Gasteiger partial charge in [-0.15, -0.1) is 0 Å². The number of unbranched alkanes of at least 4 members (excludes halogenated alkanes) is 1. The van der Waals surface area contributed by atoms with E-state index in [1.165, 1.54) is 0 Å². The Morgan fingerprint density at radius 2 is 1.76 bits per heavy atom. The molecule has 1 heterocycles. The van der Waals surface area contributed by atoms with Crippen LogP contribution in [0.2, 0.25) is 0 Å². The lowest BCUT2D eigenvalue weighted by atomic mass is 9.84. The van der Waals surface area contributed by atoms with Crippen LogP contribution in [0.3, 0.4) is 0 Å². The Morgan fingerprint density at radius 3 is 2.38 bits per heavy atom. The number of nitrogens with one attached hydrogen (secondary N) is 1. The largest absolute Gasteiger partial charge is 0.333 e. The maximum Gasteiger partial charge on any atom is 0.245 e. The number of rotatable bonds is 9. The molecule has 0 spiro atoms. The smallest absolute Gasteiger partial charge is 0.245 e. The molecule has 4 rings (SSSR count). The molecule has 34 heavy (non-hydrogen) atoms. The fraction of sp³-hybridized carbons (Fsp3) is 0.393. The Labute approximate surface area is 202 Å². The van der Waals surface area contributed by atoms with Gasteiger partial charge < -0.3 is 10.2 Å². The molecule has 0 radical (unpaired) electrons. The molecule has 1 aliphatic carbocycles. The van der Waals surface area contributed by atoms with E-state index in [9.17, 15) is 9.59 Å². The van der Waals surface area contributed by atoms with Gasteiger partial charge in [-0.05, 0) is 50.8 Å². The molecule has 6 heteroatoms. The molecule has 1 aliphatic rings. The number of hydrogen-bond acceptors (Lipinski definition) is 3. The number of aromatic nitrogens is 2. The van der Waals surface area contributed by atoms with Crippen molar-refractivity contribution in [2.45, 2.75) is 52.9 Å². The number of benzene rings is 2. The van der Waals surface area contributed by atoms with Gasteiger partial charge in [-0.3, -0.25) is 9.59 Å². The van der Waals surface area contributed by atoms with Crippen LogP contribution in [0.15, 0.2) is 54.6 Å². The highest BCUT2D eigenvalue weighted by Crippen LogP contribution is 2.33. The lowest BCUT2D eigenvalue weighted by molar-refractivity contribution is -0.140. The van der Waals surface area contributed by atoms with E-state index in [1.807, 2.05) is 68.4 Å². The highest BCUT2D eigenvalue weighted by atomic mass is 16.2. The van der Waals surface area contributed by atoms with Crippen LogP contribution in [0.5, 0.6) is 0 Å². The van der Waals surface area contributed by atoms with E-state index in [2.05, 4.69) is 12.2 Å².